The lowest BCUT2D eigenvalue weighted by atomic mass is 9.94. The lowest BCUT2D eigenvalue weighted by molar-refractivity contribution is -0.174. The fourth-order valence-corrected chi connectivity index (χ4v) is 4.91. The van der Waals surface area contributed by atoms with E-state index in [1.807, 2.05) is 0 Å². The second-order valence-corrected chi connectivity index (χ2v) is 10.5. The third kappa shape index (κ3) is 4.41. The molecule has 0 aliphatic carbocycles. The summed E-state index contributed by atoms with van der Waals surface area (Å²) in [6.07, 6.45) is 0. The number of rotatable bonds is 4. The van der Waals surface area contributed by atoms with Crippen molar-refractivity contribution < 1.29 is 51.5 Å². The molecule has 0 N–H and O–H groups in total. The first-order valence-corrected chi connectivity index (χ1v) is 11.2. The van der Waals surface area contributed by atoms with E-state index in [9.17, 15) is 28.8 Å². The third-order valence-electron chi connectivity index (χ3n) is 4.28. The van der Waals surface area contributed by atoms with Crippen molar-refractivity contribution in [1.82, 2.24) is 0 Å². The summed E-state index contributed by atoms with van der Waals surface area (Å²) in [7, 11) is 0. The molecule has 0 amide bonds. The van der Waals surface area contributed by atoms with Crippen LogP contribution in [0, 0.1) is 16.2 Å². The summed E-state index contributed by atoms with van der Waals surface area (Å²) in [6.45, 7) is 7.36. The maximum atomic E-state index is 12.4. The van der Waals surface area contributed by atoms with Crippen LogP contribution in [0.25, 0.3) is 0 Å². The second kappa shape index (κ2) is 7.61. The number of hydrogen-bond acceptors (Lipinski definition) is 12. The van der Waals surface area contributed by atoms with Crippen LogP contribution in [0.15, 0.2) is 0 Å². The number of carbonyl (C=O) groups excluding carboxylic acids is 6. The van der Waals surface area contributed by atoms with Gasteiger partial charge < -0.3 is 22.7 Å². The Morgan fingerprint density at radius 3 is 1.17 bits per heavy atom. The van der Waals surface area contributed by atoms with Crippen LogP contribution in [0.3, 0.4) is 0 Å². The zero-order valence-electron chi connectivity index (χ0n) is 16.6. The van der Waals surface area contributed by atoms with Crippen LogP contribution in [0.1, 0.15) is 41.5 Å². The van der Waals surface area contributed by atoms with Crippen molar-refractivity contribution in [3.63, 3.8) is 0 Å². The Bertz CT molecular complexity index is 695. The van der Waals surface area contributed by atoms with Crippen LogP contribution in [-0.2, 0) is 51.5 Å². The molecule has 2 aliphatic rings. The molecule has 0 aromatic heterocycles. The van der Waals surface area contributed by atoms with E-state index in [0.717, 1.165) is 13.8 Å². The molecule has 0 aromatic rings. The minimum Gasteiger partial charge on any atom is -0.550 e. The largest absolute Gasteiger partial charge is 1.20 e. The molecule has 12 nitrogen and oxygen atoms in total. The van der Waals surface area contributed by atoms with Crippen LogP contribution in [0.5, 0.6) is 0 Å². The highest BCUT2D eigenvalue weighted by Crippen LogP contribution is 2.29. The summed E-state index contributed by atoms with van der Waals surface area (Å²) in [5.74, 6) is -6.10. The summed E-state index contributed by atoms with van der Waals surface area (Å²) >= 11 is -7.04. The summed E-state index contributed by atoms with van der Waals surface area (Å²) < 4.78 is 29.2. The van der Waals surface area contributed by atoms with E-state index in [0.29, 0.717) is 0 Å². The summed E-state index contributed by atoms with van der Waals surface area (Å²) in [5, 5.41) is 0. The molecule has 0 unspecified atom stereocenters. The van der Waals surface area contributed by atoms with Crippen LogP contribution in [0.4, 0.5) is 0 Å². The molecule has 14 heteroatoms. The van der Waals surface area contributed by atoms with Crippen LogP contribution in [0.2, 0.25) is 0 Å². The number of hydrogen-bond donors (Lipinski definition) is 0. The molecule has 0 radical (unpaired) electrons. The van der Waals surface area contributed by atoms with Crippen molar-refractivity contribution in [2.24, 2.45) is 16.2 Å². The fourth-order valence-electron chi connectivity index (χ4n) is 1.80. The Hall–Kier alpha value is -2.12. The van der Waals surface area contributed by atoms with Gasteiger partial charge in [-0.3, -0.25) is 28.8 Å². The lowest BCUT2D eigenvalue weighted by Gasteiger charge is -2.31. The van der Waals surface area contributed by atoms with Crippen LogP contribution >= 0.6 is 0 Å². The molecule has 2 rings (SSSR count). The van der Waals surface area contributed by atoms with Gasteiger partial charge in [0.15, 0.2) is 16.2 Å². The molecular formula is C15H18Al2O12. The van der Waals surface area contributed by atoms with Gasteiger partial charge in [-0.1, -0.05) is 0 Å². The fraction of sp³-hybridized carbons (Fsp3) is 0.600. The smallest absolute Gasteiger partial charge is 0.550 e. The number of carbonyl (C=O) groups is 6. The van der Waals surface area contributed by atoms with E-state index in [2.05, 4.69) is 0 Å². The SMILES string of the molecule is CC1(C)C(=O)[O][Al]([O]C(=O)C(C)(C)C(=O)[O][Al]2[O]C(=O)C(C)(C)C(=O)[O]2)[O]C1=O. The third-order valence-corrected chi connectivity index (χ3v) is 6.72. The van der Waals surface area contributed by atoms with Gasteiger partial charge in [0.2, 0.25) is 0 Å². The van der Waals surface area contributed by atoms with Gasteiger partial charge >= 0.3 is 30.3 Å². The van der Waals surface area contributed by atoms with E-state index in [4.69, 9.17) is 22.7 Å². The Labute approximate surface area is 175 Å². The molecule has 2 aliphatic heterocycles. The lowest BCUT2D eigenvalue weighted by Crippen LogP contribution is -2.53. The normalized spacial score (nSPS) is 20.8. The Morgan fingerprint density at radius 1 is 0.690 bits per heavy atom. The minimum atomic E-state index is -3.52. The standard InChI is InChI=1S/3C5H8O4.2Al/c3*1-5(2,3(6)7)4(8)9;;/h3*1-2H3,(H,6,7)(H,8,9);;/q;;;2*+3/p-6. The highest BCUT2D eigenvalue weighted by Gasteiger charge is 2.63. The van der Waals surface area contributed by atoms with Crippen LogP contribution in [-0.4, -0.2) is 66.1 Å². The quantitative estimate of drug-likeness (QED) is 0.398. The van der Waals surface area contributed by atoms with Gasteiger partial charge in [-0.05, 0) is 41.5 Å². The average molecular weight is 444 g/mol. The summed E-state index contributed by atoms with van der Waals surface area (Å²) in [6, 6.07) is 0. The Kier molecular flexibility index (Phi) is 6.08. The molecule has 0 saturated carbocycles. The maximum absolute atomic E-state index is 12.4. The predicted octanol–water partition coefficient (Wildman–Crippen LogP) is -0.679. The van der Waals surface area contributed by atoms with Gasteiger partial charge in [0.05, 0.1) is 0 Å². The molecule has 29 heavy (non-hydrogen) atoms. The van der Waals surface area contributed by atoms with Gasteiger partial charge in [-0.15, -0.1) is 0 Å². The average Bonchev–Trinajstić information content (AvgIpc) is 2.58. The summed E-state index contributed by atoms with van der Waals surface area (Å²) in [5.41, 5.74) is -5.06. The molecule has 0 atom stereocenters. The van der Waals surface area contributed by atoms with Crippen molar-refractivity contribution in [3.05, 3.63) is 0 Å². The minimum absolute atomic E-state index is 0.922. The molecule has 2 saturated heterocycles. The molecule has 0 bridgehead atoms. The Morgan fingerprint density at radius 2 is 0.931 bits per heavy atom. The maximum Gasteiger partial charge on any atom is 1.20 e. The van der Waals surface area contributed by atoms with Gasteiger partial charge in [0.1, 0.15) is 0 Å². The van der Waals surface area contributed by atoms with E-state index < -0.39 is 82.4 Å². The van der Waals surface area contributed by atoms with E-state index in [1.54, 1.807) is 0 Å². The first-order valence-electron chi connectivity index (χ1n) is 8.36. The molecular weight excluding hydrogens is 426 g/mol. The first-order chi connectivity index (χ1) is 13.1. The molecule has 2 heterocycles. The van der Waals surface area contributed by atoms with Crippen molar-refractivity contribution in [1.29, 1.82) is 0 Å². The predicted molar refractivity (Wildman–Crippen MR) is 89.4 cm³/mol. The van der Waals surface area contributed by atoms with Gasteiger partial charge in [0, 0.05) is 0 Å². The highest BCUT2D eigenvalue weighted by molar-refractivity contribution is 6.48. The zero-order chi connectivity index (χ0) is 22.4. The van der Waals surface area contributed by atoms with E-state index >= 15 is 0 Å². The topological polar surface area (TPSA) is 158 Å². The van der Waals surface area contributed by atoms with Gasteiger partial charge in [-0.25, -0.2) is 0 Å². The van der Waals surface area contributed by atoms with Crippen LogP contribution < -0.4 is 0 Å². The van der Waals surface area contributed by atoms with Crippen molar-refractivity contribution in [2.45, 2.75) is 41.5 Å². The molecule has 0 aromatic carbocycles. The van der Waals surface area contributed by atoms with Gasteiger partial charge in [0.25, 0.3) is 35.8 Å². The van der Waals surface area contributed by atoms with Crippen molar-refractivity contribution in [2.75, 3.05) is 0 Å². The second-order valence-electron chi connectivity index (χ2n) is 7.88. The molecule has 0 spiro atoms. The highest BCUT2D eigenvalue weighted by atomic mass is 27.3. The molecule has 2 fully saturated rings. The first kappa shape index (κ1) is 23.2. The van der Waals surface area contributed by atoms with Crippen molar-refractivity contribution >= 4 is 66.1 Å². The van der Waals surface area contributed by atoms with E-state index in [1.165, 1.54) is 27.7 Å². The monoisotopic (exact) mass is 444 g/mol. The van der Waals surface area contributed by atoms with Gasteiger partial charge in [-0.2, -0.15) is 0 Å². The zero-order valence-corrected chi connectivity index (χ0v) is 18.9. The summed E-state index contributed by atoms with van der Waals surface area (Å²) in [4.78, 5) is 72.0. The van der Waals surface area contributed by atoms with Crippen molar-refractivity contribution in [3.8, 4) is 0 Å². The molecule has 156 valence electrons. The van der Waals surface area contributed by atoms with E-state index in [-0.39, 0.29) is 0 Å². The Balaban J connectivity index is 2.01.